The van der Waals surface area contributed by atoms with E-state index in [4.69, 9.17) is 23.2 Å². The molecule has 1 aromatic heterocycles. The highest BCUT2D eigenvalue weighted by Gasteiger charge is 2.29. The zero-order valence-corrected chi connectivity index (χ0v) is 19.9. The molecule has 0 saturated carbocycles. The van der Waals surface area contributed by atoms with Crippen molar-refractivity contribution in [1.29, 1.82) is 0 Å². The number of nitrogens with one attached hydrogen (secondary N) is 3. The minimum Gasteiger partial charge on any atom is -0.325 e. The quantitative estimate of drug-likeness (QED) is 0.485. The number of hydrazine groups is 1. The molecular formula is C25H20Cl2N4O4. The molecule has 2 heterocycles. The number of fused-ring (bicyclic) bond motifs is 1. The van der Waals surface area contributed by atoms with Crippen LogP contribution in [0.25, 0.3) is 11.1 Å². The molecule has 1 aliphatic heterocycles. The zero-order valence-electron chi connectivity index (χ0n) is 18.4. The van der Waals surface area contributed by atoms with Gasteiger partial charge in [-0.25, -0.2) is 5.43 Å². The van der Waals surface area contributed by atoms with E-state index in [2.05, 4.69) is 16.2 Å². The summed E-state index contributed by atoms with van der Waals surface area (Å²) >= 11 is 12.5. The molecule has 2 amide bonds. The molecule has 1 atom stereocenters. The number of carbonyl (C=O) groups excluding carboxylic acids is 3. The first kappa shape index (κ1) is 23.3. The highest BCUT2D eigenvalue weighted by Crippen LogP contribution is 2.36. The van der Waals surface area contributed by atoms with E-state index in [-0.39, 0.29) is 30.7 Å². The van der Waals surface area contributed by atoms with Gasteiger partial charge in [-0.15, -0.1) is 0 Å². The fraction of sp³-hybridized carbons (Fsp3) is 0.200. The Morgan fingerprint density at radius 2 is 1.77 bits per heavy atom. The highest BCUT2D eigenvalue weighted by atomic mass is 35.5. The third-order valence-electron chi connectivity index (χ3n) is 6.18. The summed E-state index contributed by atoms with van der Waals surface area (Å²) in [5.41, 5.74) is 8.38. The van der Waals surface area contributed by atoms with Crippen molar-refractivity contribution in [3.05, 3.63) is 85.8 Å². The molecule has 0 bridgehead atoms. The lowest BCUT2D eigenvalue weighted by Gasteiger charge is -2.16. The van der Waals surface area contributed by atoms with Gasteiger partial charge in [-0.1, -0.05) is 35.3 Å². The summed E-state index contributed by atoms with van der Waals surface area (Å²) in [6.07, 6.45) is 0.951. The SMILES string of the molecule is O=C1CC(c2ccc(NC(=O)Cn3c4c(c(-c5cc(Cl)ccc5Cl)cc3=O)C(=O)CC4)cc2)NN1. The summed E-state index contributed by atoms with van der Waals surface area (Å²) in [6, 6.07) is 13.2. The van der Waals surface area contributed by atoms with Crippen LogP contribution >= 0.6 is 23.2 Å². The van der Waals surface area contributed by atoms with Crippen molar-refractivity contribution in [2.45, 2.75) is 31.8 Å². The topological polar surface area (TPSA) is 109 Å². The van der Waals surface area contributed by atoms with Crippen molar-refractivity contribution in [3.8, 4) is 11.1 Å². The lowest BCUT2D eigenvalue weighted by molar-refractivity contribution is -0.119. The van der Waals surface area contributed by atoms with Crippen LogP contribution in [-0.2, 0) is 22.6 Å². The molecule has 1 fully saturated rings. The van der Waals surface area contributed by atoms with Crippen molar-refractivity contribution in [1.82, 2.24) is 15.4 Å². The van der Waals surface area contributed by atoms with Crippen molar-refractivity contribution in [2.75, 3.05) is 5.32 Å². The second-order valence-electron chi connectivity index (χ2n) is 8.47. The number of nitrogens with zero attached hydrogens (tertiary/aromatic N) is 1. The number of pyridine rings is 1. The molecule has 35 heavy (non-hydrogen) atoms. The van der Waals surface area contributed by atoms with Crippen LogP contribution < -0.4 is 21.7 Å². The normalized spacial score (nSPS) is 16.8. The van der Waals surface area contributed by atoms with Gasteiger partial charge in [0.05, 0.1) is 6.04 Å². The summed E-state index contributed by atoms with van der Waals surface area (Å²) in [6.45, 7) is -0.234. The van der Waals surface area contributed by atoms with E-state index >= 15 is 0 Å². The second-order valence-corrected chi connectivity index (χ2v) is 9.31. The largest absolute Gasteiger partial charge is 0.325 e. The first-order valence-corrected chi connectivity index (χ1v) is 11.8. The standard InChI is InChI=1S/C25H20Cl2N4O4/c26-14-3-6-18(27)16(9-14)17-10-24(35)31(20-7-8-21(32)25(17)20)12-23(34)28-15-4-1-13(2-5-15)19-11-22(33)30-29-19/h1-6,9-10,19,29H,7-8,11-12H2,(H,28,34)(H,30,33). The summed E-state index contributed by atoms with van der Waals surface area (Å²) < 4.78 is 1.34. The number of aromatic nitrogens is 1. The first-order valence-electron chi connectivity index (χ1n) is 11.0. The minimum absolute atomic E-state index is 0.0764. The predicted octanol–water partition coefficient (Wildman–Crippen LogP) is 3.66. The van der Waals surface area contributed by atoms with Gasteiger partial charge in [0.15, 0.2) is 5.78 Å². The van der Waals surface area contributed by atoms with Crippen LogP contribution in [0.4, 0.5) is 5.69 Å². The van der Waals surface area contributed by atoms with Gasteiger partial charge in [-0.05, 0) is 42.3 Å². The van der Waals surface area contributed by atoms with Crippen molar-refractivity contribution < 1.29 is 14.4 Å². The van der Waals surface area contributed by atoms with E-state index in [1.807, 2.05) is 12.1 Å². The number of hydrogen-bond acceptors (Lipinski definition) is 5. The van der Waals surface area contributed by atoms with Crippen molar-refractivity contribution in [3.63, 3.8) is 0 Å². The number of anilines is 1. The lowest BCUT2D eigenvalue weighted by Crippen LogP contribution is -2.30. The molecule has 1 aliphatic carbocycles. The van der Waals surface area contributed by atoms with Gasteiger partial charge in [0.2, 0.25) is 11.8 Å². The third-order valence-corrected chi connectivity index (χ3v) is 6.74. The molecule has 5 rings (SSSR count). The maximum Gasteiger partial charge on any atom is 0.251 e. The Labute approximate surface area is 210 Å². The molecule has 10 heteroatoms. The number of carbonyl (C=O) groups is 3. The predicted molar refractivity (Wildman–Crippen MR) is 133 cm³/mol. The number of rotatable bonds is 5. The average Bonchev–Trinajstić information content (AvgIpc) is 3.43. The molecular weight excluding hydrogens is 491 g/mol. The molecule has 178 valence electrons. The van der Waals surface area contributed by atoms with E-state index in [0.29, 0.717) is 51.0 Å². The van der Waals surface area contributed by atoms with Gasteiger partial charge >= 0.3 is 0 Å². The first-order chi connectivity index (χ1) is 16.8. The molecule has 0 radical (unpaired) electrons. The maximum atomic E-state index is 13.0. The Balaban J connectivity index is 1.39. The van der Waals surface area contributed by atoms with E-state index < -0.39 is 11.5 Å². The second kappa shape index (κ2) is 9.30. The molecule has 2 aromatic carbocycles. The Hall–Kier alpha value is -3.46. The van der Waals surface area contributed by atoms with Crippen LogP contribution in [0.15, 0.2) is 53.3 Å². The van der Waals surface area contributed by atoms with Crippen LogP contribution in [0.3, 0.4) is 0 Å². The summed E-state index contributed by atoms with van der Waals surface area (Å²) in [4.78, 5) is 49.9. The number of halogens is 2. The molecule has 3 N–H and O–H groups in total. The smallest absolute Gasteiger partial charge is 0.251 e. The van der Waals surface area contributed by atoms with Gasteiger partial charge in [-0.3, -0.25) is 24.6 Å². The van der Waals surface area contributed by atoms with Crippen LogP contribution in [0.5, 0.6) is 0 Å². The Morgan fingerprint density at radius 1 is 1.00 bits per heavy atom. The van der Waals surface area contributed by atoms with E-state index in [0.717, 1.165) is 5.56 Å². The molecule has 1 unspecified atom stereocenters. The van der Waals surface area contributed by atoms with Gasteiger partial charge in [0, 0.05) is 57.0 Å². The molecule has 8 nitrogen and oxygen atoms in total. The lowest BCUT2D eigenvalue weighted by atomic mass is 9.99. The average molecular weight is 511 g/mol. The van der Waals surface area contributed by atoms with E-state index in [1.54, 1.807) is 30.3 Å². The third kappa shape index (κ3) is 4.60. The van der Waals surface area contributed by atoms with Crippen LogP contribution in [0.1, 0.15) is 40.5 Å². The summed E-state index contributed by atoms with van der Waals surface area (Å²) in [5, 5.41) is 3.60. The number of ketones is 1. The molecule has 3 aromatic rings. The Morgan fingerprint density at radius 3 is 2.49 bits per heavy atom. The zero-order chi connectivity index (χ0) is 24.7. The molecule has 1 saturated heterocycles. The molecule has 0 spiro atoms. The fourth-order valence-corrected chi connectivity index (χ4v) is 4.91. The van der Waals surface area contributed by atoms with Gasteiger partial charge in [-0.2, -0.15) is 0 Å². The fourth-order valence-electron chi connectivity index (χ4n) is 4.51. The summed E-state index contributed by atoms with van der Waals surface area (Å²) in [7, 11) is 0. The molecule has 2 aliphatic rings. The number of benzene rings is 2. The Kier molecular flexibility index (Phi) is 6.19. The number of amides is 2. The van der Waals surface area contributed by atoms with Gasteiger partial charge in [0.1, 0.15) is 6.54 Å². The number of Topliss-reactive ketones (excluding diaryl/α,β-unsaturated/α-hetero) is 1. The minimum atomic E-state index is -0.403. The summed E-state index contributed by atoms with van der Waals surface area (Å²) in [5.74, 6) is -0.581. The van der Waals surface area contributed by atoms with Crippen LogP contribution in [-0.4, -0.2) is 22.2 Å². The monoisotopic (exact) mass is 510 g/mol. The van der Waals surface area contributed by atoms with Gasteiger partial charge in [0.25, 0.3) is 5.56 Å². The maximum absolute atomic E-state index is 13.0. The van der Waals surface area contributed by atoms with Gasteiger partial charge < -0.3 is 9.88 Å². The van der Waals surface area contributed by atoms with E-state index in [9.17, 15) is 19.2 Å². The highest BCUT2D eigenvalue weighted by molar-refractivity contribution is 6.35. The Bertz CT molecular complexity index is 1430. The van der Waals surface area contributed by atoms with Crippen LogP contribution in [0, 0.1) is 0 Å². The van der Waals surface area contributed by atoms with Crippen LogP contribution in [0.2, 0.25) is 10.0 Å². The van der Waals surface area contributed by atoms with Crippen molar-refractivity contribution >= 4 is 46.5 Å². The number of hydrogen-bond donors (Lipinski definition) is 3. The van der Waals surface area contributed by atoms with Crippen molar-refractivity contribution in [2.24, 2.45) is 0 Å². The van der Waals surface area contributed by atoms with E-state index in [1.165, 1.54) is 10.6 Å².